The highest BCUT2D eigenvalue weighted by Crippen LogP contribution is 2.18. The molecule has 14 heteroatoms. The van der Waals surface area contributed by atoms with Gasteiger partial charge in [0.25, 0.3) is 0 Å². The molecule has 0 aromatic heterocycles. The van der Waals surface area contributed by atoms with Gasteiger partial charge in [-0.25, -0.2) is 4.79 Å². The van der Waals surface area contributed by atoms with Gasteiger partial charge in [0.05, 0.1) is 12.1 Å². The zero-order valence-electron chi connectivity index (χ0n) is 21.7. The minimum absolute atomic E-state index is 0.0496. The zero-order chi connectivity index (χ0) is 28.0. The molecule has 4 atom stereocenters. The second-order valence-corrected chi connectivity index (χ2v) is 9.58. The highest BCUT2D eigenvalue weighted by Gasteiger charge is 2.35. The second kappa shape index (κ2) is 16.3. The molecule has 1 aliphatic heterocycles. The lowest BCUT2D eigenvalue weighted by molar-refractivity contribution is -0.137. The van der Waals surface area contributed by atoms with Crippen molar-refractivity contribution in [2.45, 2.75) is 83.0 Å². The number of carbonyl (C=O) groups excluding carboxylic acids is 5. The lowest BCUT2D eigenvalue weighted by Gasteiger charge is -2.29. The Morgan fingerprint density at radius 1 is 1.00 bits per heavy atom. The van der Waals surface area contributed by atoms with E-state index in [4.69, 9.17) is 22.6 Å². The molecule has 1 saturated heterocycles. The number of amides is 5. The molecule has 209 valence electrons. The number of urea groups is 1. The van der Waals surface area contributed by atoms with Crippen molar-refractivity contribution in [3.63, 3.8) is 0 Å². The van der Waals surface area contributed by atoms with Crippen LogP contribution in [0.25, 0.3) is 0 Å². The molecule has 5 amide bonds. The number of nitrogens with two attached hydrogens (primary N) is 3. The summed E-state index contributed by atoms with van der Waals surface area (Å²) in [5.41, 5.74) is 16.3. The Labute approximate surface area is 217 Å². The summed E-state index contributed by atoms with van der Waals surface area (Å²) < 4.78 is 0. The molecule has 1 aliphatic rings. The summed E-state index contributed by atoms with van der Waals surface area (Å²) in [6.45, 7) is 4.77. The first kappa shape index (κ1) is 31.6. The lowest BCUT2D eigenvalue weighted by atomic mass is 10.0. The summed E-state index contributed by atoms with van der Waals surface area (Å²) in [7, 11) is 0. The van der Waals surface area contributed by atoms with Crippen LogP contribution in [0.15, 0.2) is 0 Å². The van der Waals surface area contributed by atoms with E-state index in [9.17, 15) is 24.0 Å². The third-order valence-electron chi connectivity index (χ3n) is 5.94. The van der Waals surface area contributed by atoms with Crippen molar-refractivity contribution in [1.82, 2.24) is 26.2 Å². The molecule has 37 heavy (non-hydrogen) atoms. The molecular weight excluding hydrogens is 482 g/mol. The summed E-state index contributed by atoms with van der Waals surface area (Å²) in [6, 6.07) is -4.09. The highest BCUT2D eigenvalue weighted by atomic mass is 16.2. The molecule has 1 rings (SSSR count). The smallest absolute Gasteiger partial charge is 0.312 e. The number of nitrogens with zero attached hydrogens (tertiary/aromatic N) is 1. The fourth-order valence-corrected chi connectivity index (χ4v) is 4.06. The number of hydrogen-bond donors (Lipinski definition) is 8. The number of likely N-dealkylation sites (tertiary alicyclic amines) is 1. The van der Waals surface area contributed by atoms with Crippen molar-refractivity contribution >= 4 is 36.0 Å². The van der Waals surface area contributed by atoms with E-state index < -0.39 is 47.9 Å². The van der Waals surface area contributed by atoms with Gasteiger partial charge in [-0.2, -0.15) is 0 Å². The topological polar surface area (TPSA) is 239 Å². The molecule has 0 saturated carbocycles. The Hall–Kier alpha value is -3.42. The van der Waals surface area contributed by atoms with Crippen molar-refractivity contribution < 1.29 is 24.0 Å². The van der Waals surface area contributed by atoms with Gasteiger partial charge >= 0.3 is 6.03 Å². The van der Waals surface area contributed by atoms with E-state index in [1.807, 2.05) is 20.1 Å². The van der Waals surface area contributed by atoms with Crippen LogP contribution in [0, 0.1) is 11.3 Å². The van der Waals surface area contributed by atoms with E-state index >= 15 is 0 Å². The second-order valence-electron chi connectivity index (χ2n) is 9.58. The van der Waals surface area contributed by atoms with Gasteiger partial charge in [-0.3, -0.25) is 24.6 Å². The number of guanidine groups is 1. The Morgan fingerprint density at radius 2 is 1.62 bits per heavy atom. The predicted octanol–water partition coefficient (Wildman–Crippen LogP) is -1.86. The van der Waals surface area contributed by atoms with Gasteiger partial charge in [0, 0.05) is 19.6 Å². The number of nitrogens with one attached hydrogen (secondary N) is 5. The molecular formula is C23H42N9O5. The summed E-state index contributed by atoms with van der Waals surface area (Å²) in [4.78, 5) is 62.6. The van der Waals surface area contributed by atoms with E-state index in [0.717, 1.165) is 0 Å². The third kappa shape index (κ3) is 11.9. The predicted molar refractivity (Wildman–Crippen MR) is 138 cm³/mol. The molecule has 0 aromatic rings. The molecule has 0 unspecified atom stereocenters. The SMILES string of the molecule is CC(C)C[C@H](NC(=O)[C@@H](N)CCCNC(N)=O)C(=O)N[C@@H](CCCNC(=N)N)C(=O)N1CCC[C@H]1[C]=O. The van der Waals surface area contributed by atoms with Gasteiger partial charge < -0.3 is 43.4 Å². The highest BCUT2D eigenvalue weighted by molar-refractivity contribution is 5.93. The van der Waals surface area contributed by atoms with Crippen LogP contribution in [0.5, 0.6) is 0 Å². The first-order valence-electron chi connectivity index (χ1n) is 12.6. The monoisotopic (exact) mass is 524 g/mol. The van der Waals surface area contributed by atoms with E-state index in [-0.39, 0.29) is 31.3 Å². The summed E-state index contributed by atoms with van der Waals surface area (Å²) >= 11 is 0. The van der Waals surface area contributed by atoms with Gasteiger partial charge in [-0.05, 0) is 50.9 Å². The van der Waals surface area contributed by atoms with Crippen LogP contribution in [0.2, 0.25) is 0 Å². The Bertz CT molecular complexity index is 807. The van der Waals surface area contributed by atoms with E-state index in [1.165, 1.54) is 4.90 Å². The van der Waals surface area contributed by atoms with Gasteiger partial charge in [-0.1, -0.05) is 13.8 Å². The Balaban J connectivity index is 2.88. The van der Waals surface area contributed by atoms with Crippen LogP contribution >= 0.6 is 0 Å². The number of carbonyl (C=O) groups is 4. The number of rotatable bonds is 16. The van der Waals surface area contributed by atoms with Crippen LogP contribution in [-0.2, 0) is 19.2 Å². The average Bonchev–Trinajstić information content (AvgIpc) is 3.30. The minimum atomic E-state index is -0.935. The molecule has 11 N–H and O–H groups in total. The fourth-order valence-electron chi connectivity index (χ4n) is 4.06. The van der Waals surface area contributed by atoms with Crippen molar-refractivity contribution in [3.05, 3.63) is 0 Å². The van der Waals surface area contributed by atoms with Gasteiger partial charge in [0.2, 0.25) is 24.0 Å². The molecule has 1 fully saturated rings. The molecule has 0 spiro atoms. The van der Waals surface area contributed by atoms with Crippen molar-refractivity contribution in [1.29, 1.82) is 5.41 Å². The first-order valence-corrected chi connectivity index (χ1v) is 12.6. The van der Waals surface area contributed by atoms with Gasteiger partial charge in [0.15, 0.2) is 5.96 Å². The van der Waals surface area contributed by atoms with Gasteiger partial charge in [0.1, 0.15) is 12.1 Å². The quantitative estimate of drug-likeness (QED) is 0.0645. The normalized spacial score (nSPS) is 17.4. The van der Waals surface area contributed by atoms with Gasteiger partial charge in [-0.15, -0.1) is 0 Å². The molecule has 0 aromatic carbocycles. The van der Waals surface area contributed by atoms with E-state index in [1.54, 1.807) is 0 Å². The molecule has 0 bridgehead atoms. The maximum absolute atomic E-state index is 13.2. The fraction of sp³-hybridized carbons (Fsp3) is 0.739. The first-order chi connectivity index (χ1) is 17.5. The van der Waals surface area contributed by atoms with E-state index in [2.05, 4.69) is 21.3 Å². The van der Waals surface area contributed by atoms with Crippen molar-refractivity contribution in [2.75, 3.05) is 19.6 Å². The lowest BCUT2D eigenvalue weighted by Crippen LogP contribution is -2.57. The van der Waals surface area contributed by atoms with Crippen LogP contribution in [0.1, 0.15) is 58.8 Å². The van der Waals surface area contributed by atoms with Crippen molar-refractivity contribution in [3.8, 4) is 0 Å². The van der Waals surface area contributed by atoms with Crippen molar-refractivity contribution in [2.24, 2.45) is 23.1 Å². The Morgan fingerprint density at radius 3 is 2.22 bits per heavy atom. The van der Waals surface area contributed by atoms with Crippen LogP contribution in [0.3, 0.4) is 0 Å². The maximum atomic E-state index is 13.2. The largest absolute Gasteiger partial charge is 0.370 e. The third-order valence-corrected chi connectivity index (χ3v) is 5.94. The molecule has 0 aliphatic carbocycles. The Kier molecular flexibility index (Phi) is 14.0. The molecule has 1 radical (unpaired) electrons. The van der Waals surface area contributed by atoms with E-state index in [0.29, 0.717) is 45.2 Å². The summed E-state index contributed by atoms with van der Waals surface area (Å²) in [5.74, 6) is -1.61. The number of hydrogen-bond acceptors (Lipinski definition) is 7. The van der Waals surface area contributed by atoms with Crippen LogP contribution < -0.4 is 38.5 Å². The number of primary amides is 1. The standard InChI is InChI=1S/C23H42N9O5/c1-14(2)12-18(31-19(34)16(24)7-3-10-29-23(27)37)20(35)30-17(8-4-9-28-22(25)26)21(36)32-11-5-6-15(32)13-33/h14-18H,3-12,24H2,1-2H3,(H,30,35)(H,31,34)(H4,25,26,28)(H3,27,29,37)/t15-,16-,17-,18-/m0/s1. The summed E-state index contributed by atoms with van der Waals surface area (Å²) in [5, 5.41) is 17.8. The van der Waals surface area contributed by atoms with Crippen LogP contribution in [-0.4, -0.2) is 84.7 Å². The van der Waals surface area contributed by atoms with Crippen LogP contribution in [0.4, 0.5) is 4.79 Å². The average molecular weight is 525 g/mol. The molecule has 1 heterocycles. The molecule has 14 nitrogen and oxygen atoms in total. The zero-order valence-corrected chi connectivity index (χ0v) is 21.7. The maximum Gasteiger partial charge on any atom is 0.312 e. The summed E-state index contributed by atoms with van der Waals surface area (Å²) in [6.07, 6.45) is 4.73. The minimum Gasteiger partial charge on any atom is -0.370 e.